The highest BCUT2D eigenvalue weighted by molar-refractivity contribution is 9.10. The Morgan fingerprint density at radius 1 is 1.12 bits per heavy atom. The summed E-state index contributed by atoms with van der Waals surface area (Å²) in [6.07, 6.45) is 0.526. The lowest BCUT2D eigenvalue weighted by atomic mass is 10.2. The highest BCUT2D eigenvalue weighted by Crippen LogP contribution is 2.25. The third kappa shape index (κ3) is 4.08. The van der Waals surface area contributed by atoms with Crippen molar-refractivity contribution in [2.75, 3.05) is 6.61 Å². The van der Waals surface area contributed by atoms with Crippen LogP contribution < -0.4 is 16.1 Å². The fourth-order valence-corrected chi connectivity index (χ4v) is 3.28. The van der Waals surface area contributed by atoms with Crippen LogP contribution in [-0.2, 0) is 6.54 Å². The van der Waals surface area contributed by atoms with Crippen molar-refractivity contribution in [3.8, 4) is 5.75 Å². The SMILES string of the molecule is O=c1oc(=O)n(CCCOc2ccc(Br)cc2)c2c(Cl)cc(Cl)cc12. The highest BCUT2D eigenvalue weighted by Gasteiger charge is 2.13. The van der Waals surface area contributed by atoms with Crippen LogP contribution in [0, 0.1) is 0 Å². The van der Waals surface area contributed by atoms with Crippen LogP contribution in [-0.4, -0.2) is 11.2 Å². The Hall–Kier alpha value is -1.76. The number of hydrogen-bond acceptors (Lipinski definition) is 4. The Morgan fingerprint density at radius 2 is 1.84 bits per heavy atom. The van der Waals surface area contributed by atoms with Crippen molar-refractivity contribution in [3.05, 3.63) is 71.9 Å². The quantitative estimate of drug-likeness (QED) is 0.544. The van der Waals surface area contributed by atoms with Crippen molar-refractivity contribution in [1.82, 2.24) is 4.57 Å². The number of rotatable bonds is 5. The molecule has 0 N–H and O–H groups in total. The van der Waals surface area contributed by atoms with Gasteiger partial charge in [-0.3, -0.25) is 4.57 Å². The van der Waals surface area contributed by atoms with Gasteiger partial charge in [-0.2, -0.15) is 0 Å². The van der Waals surface area contributed by atoms with Crippen molar-refractivity contribution in [3.63, 3.8) is 0 Å². The summed E-state index contributed by atoms with van der Waals surface area (Å²) < 4.78 is 12.7. The van der Waals surface area contributed by atoms with Crippen LogP contribution >= 0.6 is 39.1 Å². The second-order valence-corrected chi connectivity index (χ2v) is 7.01. The normalized spacial score (nSPS) is 11.0. The predicted molar refractivity (Wildman–Crippen MR) is 101 cm³/mol. The molecule has 2 aromatic carbocycles. The minimum absolute atomic E-state index is 0.172. The molecule has 3 rings (SSSR count). The number of fused-ring (bicyclic) bond motifs is 1. The molecule has 0 amide bonds. The van der Waals surface area contributed by atoms with E-state index in [2.05, 4.69) is 15.9 Å². The average Bonchev–Trinajstić information content (AvgIpc) is 2.56. The molecule has 0 atom stereocenters. The first-order valence-corrected chi connectivity index (χ1v) is 8.91. The summed E-state index contributed by atoms with van der Waals surface area (Å²) in [5.74, 6) is -0.0322. The maximum absolute atomic E-state index is 12.1. The molecule has 0 saturated carbocycles. The van der Waals surface area contributed by atoms with Gasteiger partial charge in [-0.15, -0.1) is 0 Å². The first-order valence-electron chi connectivity index (χ1n) is 7.37. The van der Waals surface area contributed by atoms with E-state index in [0.717, 1.165) is 10.2 Å². The Bertz CT molecular complexity index is 1030. The molecule has 1 heterocycles. The summed E-state index contributed by atoms with van der Waals surface area (Å²) in [5, 5.41) is 0.695. The minimum atomic E-state index is -0.759. The lowest BCUT2D eigenvalue weighted by Gasteiger charge is -2.11. The minimum Gasteiger partial charge on any atom is -0.494 e. The molecular weight excluding hydrogens is 433 g/mol. The fourth-order valence-electron chi connectivity index (χ4n) is 2.42. The van der Waals surface area contributed by atoms with E-state index in [9.17, 15) is 9.59 Å². The van der Waals surface area contributed by atoms with Gasteiger partial charge in [0.2, 0.25) is 0 Å². The largest absolute Gasteiger partial charge is 0.494 e. The number of aromatic nitrogens is 1. The van der Waals surface area contributed by atoms with Crippen molar-refractivity contribution < 1.29 is 9.15 Å². The van der Waals surface area contributed by atoms with Crippen LogP contribution in [0.1, 0.15) is 6.42 Å². The zero-order valence-corrected chi connectivity index (χ0v) is 15.9. The van der Waals surface area contributed by atoms with Crippen LogP contribution in [0.4, 0.5) is 0 Å². The van der Waals surface area contributed by atoms with Crippen molar-refractivity contribution in [2.24, 2.45) is 0 Å². The van der Waals surface area contributed by atoms with Gasteiger partial charge in [-0.25, -0.2) is 9.59 Å². The standard InChI is InChI=1S/C17H12BrCl2NO4/c18-10-2-4-12(5-3-10)24-7-1-6-21-15-13(16(22)25-17(21)23)8-11(19)9-14(15)20/h2-5,8-9H,1,6-7H2. The molecule has 5 nitrogen and oxygen atoms in total. The maximum atomic E-state index is 12.1. The average molecular weight is 445 g/mol. The summed E-state index contributed by atoms with van der Waals surface area (Å²) in [4.78, 5) is 23.9. The molecule has 0 fully saturated rings. The van der Waals surface area contributed by atoms with Crippen LogP contribution in [0.5, 0.6) is 5.75 Å². The summed E-state index contributed by atoms with van der Waals surface area (Å²) >= 11 is 15.4. The fraction of sp³-hybridized carbons (Fsp3) is 0.176. The highest BCUT2D eigenvalue weighted by atomic mass is 79.9. The van der Waals surface area contributed by atoms with Gasteiger partial charge >= 0.3 is 11.4 Å². The summed E-state index contributed by atoms with van der Waals surface area (Å²) in [7, 11) is 0. The van der Waals surface area contributed by atoms with Crippen LogP contribution in [0.2, 0.25) is 10.0 Å². The van der Waals surface area contributed by atoms with Gasteiger partial charge in [0.25, 0.3) is 0 Å². The number of halogens is 3. The van der Waals surface area contributed by atoms with E-state index in [0.29, 0.717) is 23.6 Å². The molecule has 0 aliphatic heterocycles. The predicted octanol–water partition coefficient (Wildman–Crippen LogP) is 4.49. The summed E-state index contributed by atoms with van der Waals surface area (Å²) in [5.41, 5.74) is -0.442. The van der Waals surface area contributed by atoms with Gasteiger partial charge < -0.3 is 9.15 Å². The lowest BCUT2D eigenvalue weighted by Crippen LogP contribution is -2.26. The zero-order valence-electron chi connectivity index (χ0n) is 12.8. The molecule has 1 aromatic heterocycles. The van der Waals surface area contributed by atoms with E-state index in [1.807, 2.05) is 24.3 Å². The van der Waals surface area contributed by atoms with Gasteiger partial charge in [-0.1, -0.05) is 39.1 Å². The van der Waals surface area contributed by atoms with Gasteiger partial charge in [0.05, 0.1) is 22.5 Å². The molecule has 8 heteroatoms. The number of nitrogens with zero attached hydrogens (tertiary/aromatic N) is 1. The number of hydrogen-bond donors (Lipinski definition) is 0. The lowest BCUT2D eigenvalue weighted by molar-refractivity contribution is 0.296. The van der Waals surface area contributed by atoms with E-state index in [1.54, 1.807) is 0 Å². The number of benzene rings is 2. The van der Waals surface area contributed by atoms with E-state index in [-0.39, 0.29) is 17.0 Å². The van der Waals surface area contributed by atoms with Crippen LogP contribution in [0.15, 0.2) is 54.9 Å². The van der Waals surface area contributed by atoms with Crippen LogP contribution in [0.25, 0.3) is 10.9 Å². The maximum Gasteiger partial charge on any atom is 0.422 e. The second kappa shape index (κ2) is 7.64. The van der Waals surface area contributed by atoms with Crippen molar-refractivity contribution >= 4 is 50.0 Å². The molecule has 0 saturated heterocycles. The molecule has 0 spiro atoms. The molecule has 0 aliphatic carbocycles. The first kappa shape index (κ1) is 18.0. The number of ether oxygens (including phenoxy) is 1. The second-order valence-electron chi connectivity index (χ2n) is 5.25. The van der Waals surface area contributed by atoms with Crippen molar-refractivity contribution in [1.29, 1.82) is 0 Å². The Balaban J connectivity index is 1.80. The monoisotopic (exact) mass is 443 g/mol. The third-order valence-electron chi connectivity index (χ3n) is 3.53. The van der Waals surface area contributed by atoms with Crippen molar-refractivity contribution in [2.45, 2.75) is 13.0 Å². The van der Waals surface area contributed by atoms with E-state index in [4.69, 9.17) is 32.4 Å². The molecule has 0 aliphatic rings. The Labute approximate surface area is 160 Å². The smallest absolute Gasteiger partial charge is 0.422 e. The topological polar surface area (TPSA) is 61.4 Å². The molecule has 0 unspecified atom stereocenters. The van der Waals surface area contributed by atoms with Gasteiger partial charge in [0, 0.05) is 16.0 Å². The molecule has 130 valence electrons. The Morgan fingerprint density at radius 3 is 2.56 bits per heavy atom. The van der Waals surface area contributed by atoms with E-state index >= 15 is 0 Å². The Kier molecular flexibility index (Phi) is 5.51. The molecule has 3 aromatic rings. The van der Waals surface area contributed by atoms with Crippen LogP contribution in [0.3, 0.4) is 0 Å². The van der Waals surface area contributed by atoms with Gasteiger partial charge in [0.1, 0.15) is 5.75 Å². The zero-order chi connectivity index (χ0) is 18.0. The van der Waals surface area contributed by atoms with Gasteiger partial charge in [-0.05, 0) is 42.8 Å². The van der Waals surface area contributed by atoms with Gasteiger partial charge in [0.15, 0.2) is 0 Å². The molecule has 0 bridgehead atoms. The molecule has 25 heavy (non-hydrogen) atoms. The van der Waals surface area contributed by atoms with E-state index in [1.165, 1.54) is 16.7 Å². The first-order chi connectivity index (χ1) is 12.0. The van der Waals surface area contributed by atoms with E-state index < -0.39 is 11.4 Å². The molecular formula is C17H12BrCl2NO4. The summed E-state index contributed by atoms with van der Waals surface area (Å²) in [6, 6.07) is 10.4. The molecule has 0 radical (unpaired) electrons. The third-order valence-corrected chi connectivity index (χ3v) is 4.56. The number of aryl methyl sites for hydroxylation is 1. The summed E-state index contributed by atoms with van der Waals surface area (Å²) in [6.45, 7) is 0.677.